The maximum atomic E-state index is 11.4. The number of β-amino-alcohol motifs (C(OH)–C–C–N with tert-alkyl or cyclic N) is 1. The molecule has 226 valence electrons. The lowest BCUT2D eigenvalue weighted by atomic mass is 9.97. The summed E-state index contributed by atoms with van der Waals surface area (Å²) >= 11 is 1.54. The Bertz CT molecular complexity index is 1470. The Balaban J connectivity index is 1.28. The van der Waals surface area contributed by atoms with Crippen molar-refractivity contribution in [3.8, 4) is 11.3 Å². The highest BCUT2D eigenvalue weighted by atomic mass is 32.2. The second kappa shape index (κ2) is 14.5. The Morgan fingerprint density at radius 2 is 1.58 bits per heavy atom. The summed E-state index contributed by atoms with van der Waals surface area (Å²) in [4.78, 5) is 15.5. The molecule has 0 amide bonds. The fourth-order valence-corrected chi connectivity index (χ4v) is 6.79. The molecule has 3 aromatic carbocycles. The first-order chi connectivity index (χ1) is 20.7. The van der Waals surface area contributed by atoms with Crippen LogP contribution in [0.4, 0.5) is 5.95 Å². The zero-order valence-electron chi connectivity index (χ0n) is 26.1. The molecule has 6 nitrogen and oxygen atoms in total. The van der Waals surface area contributed by atoms with Gasteiger partial charge in [-0.15, -0.1) is 0 Å². The lowest BCUT2D eigenvalue weighted by Gasteiger charge is -2.33. The number of anilines is 1. The zero-order chi connectivity index (χ0) is 30.3. The molecule has 2 atom stereocenters. The SMILES string of the molecule is Cc1cc(-c2c(C)cccc2C)nc(NSc2cccc(CN3CCN(Cc4ccccc4)CC(O)C3CC(C)C)c2)n1. The topological polar surface area (TPSA) is 64.5 Å². The zero-order valence-corrected chi connectivity index (χ0v) is 26.9. The fourth-order valence-electron chi connectivity index (χ4n) is 6.13. The first kappa shape index (κ1) is 31.2. The number of aliphatic hydroxyl groups excluding tert-OH is 1. The van der Waals surface area contributed by atoms with Gasteiger partial charge in [-0.25, -0.2) is 9.97 Å². The second-order valence-electron chi connectivity index (χ2n) is 12.3. The van der Waals surface area contributed by atoms with E-state index in [9.17, 15) is 5.11 Å². The van der Waals surface area contributed by atoms with E-state index in [1.807, 2.05) is 6.92 Å². The quantitative estimate of drug-likeness (QED) is 0.187. The molecule has 43 heavy (non-hydrogen) atoms. The molecule has 0 bridgehead atoms. The van der Waals surface area contributed by atoms with Crippen molar-refractivity contribution in [1.82, 2.24) is 19.8 Å². The summed E-state index contributed by atoms with van der Waals surface area (Å²) in [5, 5.41) is 11.4. The summed E-state index contributed by atoms with van der Waals surface area (Å²) in [5.41, 5.74) is 7.99. The second-order valence-corrected chi connectivity index (χ2v) is 13.2. The molecule has 2 unspecified atom stereocenters. The number of nitrogens with zero attached hydrogens (tertiary/aromatic N) is 4. The predicted octanol–water partition coefficient (Wildman–Crippen LogP) is 7.28. The van der Waals surface area contributed by atoms with Crippen LogP contribution in [0, 0.1) is 26.7 Å². The van der Waals surface area contributed by atoms with Crippen molar-refractivity contribution in [3.05, 3.63) is 107 Å². The Kier molecular flexibility index (Phi) is 10.5. The van der Waals surface area contributed by atoms with Gasteiger partial charge in [-0.2, -0.15) is 0 Å². The molecule has 4 aromatic rings. The van der Waals surface area contributed by atoms with Crippen LogP contribution < -0.4 is 4.72 Å². The average Bonchev–Trinajstić information content (AvgIpc) is 3.10. The van der Waals surface area contributed by atoms with Gasteiger partial charge in [0, 0.05) is 54.9 Å². The lowest BCUT2D eigenvalue weighted by Crippen LogP contribution is -2.44. The van der Waals surface area contributed by atoms with Crippen molar-refractivity contribution in [2.75, 3.05) is 24.4 Å². The van der Waals surface area contributed by atoms with E-state index < -0.39 is 6.10 Å². The highest BCUT2D eigenvalue weighted by molar-refractivity contribution is 8.00. The normalized spacial score (nSPS) is 18.1. The molecule has 1 aromatic heterocycles. The van der Waals surface area contributed by atoms with Crippen LogP contribution in [-0.2, 0) is 13.1 Å². The Morgan fingerprint density at radius 1 is 0.860 bits per heavy atom. The van der Waals surface area contributed by atoms with Gasteiger partial charge in [-0.3, -0.25) is 14.5 Å². The van der Waals surface area contributed by atoms with Gasteiger partial charge in [0.05, 0.1) is 11.8 Å². The van der Waals surface area contributed by atoms with E-state index in [0.717, 1.165) is 48.9 Å². The van der Waals surface area contributed by atoms with Gasteiger partial charge in [0.1, 0.15) is 0 Å². The van der Waals surface area contributed by atoms with Crippen LogP contribution in [0.3, 0.4) is 0 Å². The number of nitrogens with one attached hydrogen (secondary N) is 1. The lowest BCUT2D eigenvalue weighted by molar-refractivity contribution is 0.0402. The molecule has 7 heteroatoms. The molecule has 1 aliphatic rings. The van der Waals surface area contributed by atoms with Crippen molar-refractivity contribution < 1.29 is 5.11 Å². The molecule has 1 fully saturated rings. The van der Waals surface area contributed by atoms with Crippen molar-refractivity contribution in [2.24, 2.45) is 5.92 Å². The molecule has 0 spiro atoms. The number of rotatable bonds is 10. The number of hydrogen-bond donors (Lipinski definition) is 2. The summed E-state index contributed by atoms with van der Waals surface area (Å²) in [5.74, 6) is 1.12. The number of hydrogen-bond acceptors (Lipinski definition) is 7. The van der Waals surface area contributed by atoms with Gasteiger partial charge in [0.2, 0.25) is 5.95 Å². The first-order valence-corrected chi connectivity index (χ1v) is 16.2. The van der Waals surface area contributed by atoms with Crippen LogP contribution in [-0.4, -0.2) is 56.7 Å². The number of aryl methyl sites for hydroxylation is 3. The highest BCUT2D eigenvalue weighted by Crippen LogP contribution is 2.29. The van der Waals surface area contributed by atoms with Crippen molar-refractivity contribution in [3.63, 3.8) is 0 Å². The molecule has 1 saturated heterocycles. The van der Waals surface area contributed by atoms with Crippen molar-refractivity contribution in [1.29, 1.82) is 0 Å². The molecule has 2 heterocycles. The van der Waals surface area contributed by atoms with E-state index in [1.54, 1.807) is 0 Å². The number of aromatic nitrogens is 2. The molecule has 0 radical (unpaired) electrons. The Hall–Kier alpha value is -3.23. The minimum Gasteiger partial charge on any atom is -0.390 e. The van der Waals surface area contributed by atoms with Crippen LogP contribution in [0.5, 0.6) is 0 Å². The molecular formula is C36H45N5OS. The Labute approximate surface area is 261 Å². The van der Waals surface area contributed by atoms with E-state index >= 15 is 0 Å². The maximum Gasteiger partial charge on any atom is 0.233 e. The monoisotopic (exact) mass is 595 g/mol. The number of aliphatic hydroxyl groups is 1. The van der Waals surface area contributed by atoms with Crippen molar-refractivity contribution >= 4 is 17.9 Å². The van der Waals surface area contributed by atoms with E-state index in [2.05, 4.69) is 126 Å². The van der Waals surface area contributed by atoms with Crippen LogP contribution in [0.2, 0.25) is 0 Å². The third-order valence-corrected chi connectivity index (χ3v) is 8.93. The first-order valence-electron chi connectivity index (χ1n) is 15.4. The highest BCUT2D eigenvalue weighted by Gasteiger charge is 2.32. The summed E-state index contributed by atoms with van der Waals surface area (Å²) in [6, 6.07) is 27.8. The minimum atomic E-state index is -0.391. The summed E-state index contributed by atoms with van der Waals surface area (Å²) in [6.07, 6.45) is 0.585. The number of benzene rings is 3. The molecular weight excluding hydrogens is 550 g/mol. The predicted molar refractivity (Wildman–Crippen MR) is 179 cm³/mol. The molecule has 1 aliphatic heterocycles. The average molecular weight is 596 g/mol. The maximum absolute atomic E-state index is 11.4. The smallest absolute Gasteiger partial charge is 0.233 e. The summed E-state index contributed by atoms with van der Waals surface area (Å²) in [7, 11) is 0. The standard InChI is InChI=1S/C36H45N5OS/c1-25(2)19-33-34(42)24-40(22-29-13-7-6-8-14-29)17-18-41(33)23-30-15-10-16-31(21-30)43-39-36-37-28(5)20-32(38-36)35-26(3)11-9-12-27(35)4/h6-16,20-21,25,33-34,42H,17-19,22-24H2,1-5H3,(H,37,38,39). The van der Waals surface area contributed by atoms with Gasteiger partial charge in [0.25, 0.3) is 0 Å². The minimum absolute atomic E-state index is 0.124. The summed E-state index contributed by atoms with van der Waals surface area (Å²) in [6.45, 7) is 15.0. The molecule has 0 aliphatic carbocycles. The van der Waals surface area contributed by atoms with Gasteiger partial charge in [0.15, 0.2) is 0 Å². The van der Waals surface area contributed by atoms with Gasteiger partial charge in [-0.05, 0) is 85.5 Å². The van der Waals surface area contributed by atoms with Crippen LogP contribution in [0.15, 0.2) is 83.8 Å². The molecule has 0 saturated carbocycles. The van der Waals surface area contributed by atoms with E-state index in [4.69, 9.17) is 4.98 Å². The fraction of sp³-hybridized carbons (Fsp3) is 0.389. The molecule has 5 rings (SSSR count). The summed E-state index contributed by atoms with van der Waals surface area (Å²) < 4.78 is 3.40. The van der Waals surface area contributed by atoms with Crippen LogP contribution in [0.25, 0.3) is 11.3 Å². The third-order valence-electron chi connectivity index (χ3n) is 8.16. The van der Waals surface area contributed by atoms with Gasteiger partial charge >= 0.3 is 0 Å². The van der Waals surface area contributed by atoms with E-state index in [0.29, 0.717) is 18.4 Å². The van der Waals surface area contributed by atoms with Gasteiger partial charge in [-0.1, -0.05) is 74.5 Å². The van der Waals surface area contributed by atoms with E-state index in [-0.39, 0.29) is 6.04 Å². The van der Waals surface area contributed by atoms with E-state index in [1.165, 1.54) is 39.8 Å². The van der Waals surface area contributed by atoms with Crippen LogP contribution in [0.1, 0.15) is 48.2 Å². The van der Waals surface area contributed by atoms with Crippen molar-refractivity contribution in [2.45, 2.75) is 71.2 Å². The Morgan fingerprint density at radius 3 is 2.33 bits per heavy atom. The van der Waals surface area contributed by atoms with Gasteiger partial charge < -0.3 is 5.11 Å². The van der Waals surface area contributed by atoms with Crippen LogP contribution >= 0.6 is 11.9 Å². The molecule has 2 N–H and O–H groups in total. The largest absolute Gasteiger partial charge is 0.390 e. The third kappa shape index (κ3) is 8.45.